The number of non-ortho nitro benzene ring substituents is 1. The molecule has 10 heteroatoms. The molecule has 0 bridgehead atoms. The zero-order valence-corrected chi connectivity index (χ0v) is 14.4. The van der Waals surface area contributed by atoms with Gasteiger partial charge in [-0.05, 0) is 30.5 Å². The number of nitrogens with zero attached hydrogens (tertiary/aromatic N) is 3. The van der Waals surface area contributed by atoms with Crippen molar-refractivity contribution < 1.29 is 33.9 Å². The maximum absolute atomic E-state index is 12.2. The summed E-state index contributed by atoms with van der Waals surface area (Å²) in [4.78, 5) is 48.3. The number of aliphatic hydroxyl groups excluding tert-OH is 1. The van der Waals surface area contributed by atoms with Gasteiger partial charge in [0.1, 0.15) is 12.4 Å². The fraction of sp³-hybridized carbons (Fsp3) is 0.412. The summed E-state index contributed by atoms with van der Waals surface area (Å²) in [6, 6.07) is 5.24. The van der Waals surface area contributed by atoms with Crippen LogP contribution in [-0.2, 0) is 25.7 Å². The van der Waals surface area contributed by atoms with Crippen LogP contribution in [0.15, 0.2) is 24.3 Å². The van der Waals surface area contributed by atoms with Gasteiger partial charge in [0.05, 0.1) is 11.0 Å². The first-order valence-electron chi connectivity index (χ1n) is 8.11. The smallest absolute Gasteiger partial charge is 0.441 e. The lowest BCUT2D eigenvalue weighted by Crippen LogP contribution is -2.45. The first-order chi connectivity index (χ1) is 12.7. The van der Waals surface area contributed by atoms with Gasteiger partial charge < -0.3 is 15.4 Å². The Morgan fingerprint density at radius 2 is 2.04 bits per heavy atom. The highest BCUT2D eigenvalue weighted by molar-refractivity contribution is 6.62. The normalized spacial score (nSPS) is 19.4. The quantitative estimate of drug-likeness (QED) is 0.134. The summed E-state index contributed by atoms with van der Waals surface area (Å²) in [5.74, 6) is -3.21. The Kier molecular flexibility index (Phi) is 6.27. The maximum atomic E-state index is 12.2. The molecule has 1 aromatic rings. The maximum Gasteiger partial charge on any atom is 0.441 e. The minimum atomic E-state index is -1.15. The second kappa shape index (κ2) is 8.43. The molecular formula is C17H17N3O7. The number of Topliss-reactive ketones (excluding diaryl/α,β-unsaturated/α-hetero) is 2. The molecule has 142 valence electrons. The van der Waals surface area contributed by atoms with Crippen LogP contribution < -0.4 is 0 Å². The Morgan fingerprint density at radius 3 is 2.52 bits per heavy atom. The molecule has 0 aliphatic heterocycles. The largest absolute Gasteiger partial charge is 0.452 e. The van der Waals surface area contributed by atoms with Crippen molar-refractivity contribution in [3.63, 3.8) is 0 Å². The first-order valence-corrected chi connectivity index (χ1v) is 8.11. The number of hydrogen-bond acceptors (Lipinski definition) is 7. The predicted molar refractivity (Wildman–Crippen MR) is 89.4 cm³/mol. The number of rotatable bonds is 8. The second-order valence-electron chi connectivity index (χ2n) is 6.27. The lowest BCUT2D eigenvalue weighted by atomic mass is 9.67. The number of esters is 1. The molecule has 0 radical (unpaired) electrons. The van der Waals surface area contributed by atoms with Crippen molar-refractivity contribution in [2.75, 3.05) is 0 Å². The van der Waals surface area contributed by atoms with Crippen LogP contribution in [-0.4, -0.2) is 44.2 Å². The van der Waals surface area contributed by atoms with Crippen molar-refractivity contribution in [3.05, 3.63) is 45.5 Å². The van der Waals surface area contributed by atoms with Gasteiger partial charge in [0.15, 0.2) is 0 Å². The number of carbonyl (C=O) groups is 3. The molecule has 27 heavy (non-hydrogen) atoms. The van der Waals surface area contributed by atoms with E-state index in [0.717, 1.165) is 0 Å². The van der Waals surface area contributed by atoms with Crippen molar-refractivity contribution in [2.45, 2.75) is 32.5 Å². The van der Waals surface area contributed by atoms with Crippen molar-refractivity contribution in [1.29, 1.82) is 0 Å². The van der Waals surface area contributed by atoms with E-state index in [1.807, 2.05) is 0 Å². The van der Waals surface area contributed by atoms with E-state index in [2.05, 4.69) is 4.79 Å². The summed E-state index contributed by atoms with van der Waals surface area (Å²) < 4.78 is 4.89. The molecule has 1 aliphatic carbocycles. The number of benzene rings is 1. The third-order valence-electron chi connectivity index (χ3n) is 4.38. The van der Waals surface area contributed by atoms with Gasteiger partial charge in [0.2, 0.25) is 0 Å². The number of carbonyl (C=O) groups excluding carboxylic acids is 3. The van der Waals surface area contributed by atoms with E-state index in [4.69, 9.17) is 10.3 Å². The highest BCUT2D eigenvalue weighted by Crippen LogP contribution is 2.36. The highest BCUT2D eigenvalue weighted by Gasteiger charge is 2.45. The minimum absolute atomic E-state index is 0.109. The van der Waals surface area contributed by atoms with Gasteiger partial charge in [-0.15, -0.1) is 0 Å². The van der Waals surface area contributed by atoms with E-state index >= 15 is 0 Å². The predicted octanol–water partition coefficient (Wildman–Crippen LogP) is 0.854. The monoisotopic (exact) mass is 375 g/mol. The summed E-state index contributed by atoms with van der Waals surface area (Å²) in [5, 5.41) is 20.1. The lowest BCUT2D eigenvalue weighted by Gasteiger charge is -2.36. The number of ether oxygens (including phenoxy) is 1. The Bertz CT molecular complexity index is 825. The highest BCUT2D eigenvalue weighted by atomic mass is 16.6. The van der Waals surface area contributed by atoms with Crippen molar-refractivity contribution in [3.8, 4) is 0 Å². The molecule has 0 heterocycles. The minimum Gasteiger partial charge on any atom is -0.452 e. The second-order valence-corrected chi connectivity index (χ2v) is 6.27. The zero-order chi connectivity index (χ0) is 20.1. The molecule has 1 aliphatic rings. The van der Waals surface area contributed by atoms with Crippen LogP contribution in [0.25, 0.3) is 5.53 Å². The van der Waals surface area contributed by atoms with Crippen LogP contribution in [0.1, 0.15) is 25.3 Å². The Hall–Kier alpha value is -3.23. The summed E-state index contributed by atoms with van der Waals surface area (Å²) in [5.41, 5.74) is 8.48. The standard InChI is InChI=1S/C17H17N3O7/c1-9(21)15-11(6-13(15)22)7-14(23)16(19-18)17(24)27-8-10-2-4-12(5-3-10)20(25)26/h2-5,9,11,15,21H,6-8H2,1H3/t9-,11-,15-/m1/s1. The molecule has 0 aromatic heterocycles. The summed E-state index contributed by atoms with van der Waals surface area (Å²) >= 11 is 0. The molecule has 1 saturated carbocycles. The average Bonchev–Trinajstić information content (AvgIpc) is 2.59. The van der Waals surface area contributed by atoms with Gasteiger partial charge in [0.25, 0.3) is 11.5 Å². The number of nitro benzene ring substituents is 1. The molecule has 0 spiro atoms. The van der Waals surface area contributed by atoms with E-state index in [0.29, 0.717) is 5.56 Å². The molecule has 1 N–H and O–H groups in total. The molecule has 2 rings (SSSR count). The molecule has 0 unspecified atom stereocenters. The SMILES string of the molecule is C[C@@H](O)[C@H]1C(=O)C[C@@H]1CC(=O)C(=[N+]=[N-])C(=O)OCc1ccc([N+](=O)[O-])cc1. The van der Waals surface area contributed by atoms with Gasteiger partial charge in [0, 0.05) is 30.9 Å². The molecular weight excluding hydrogens is 358 g/mol. The number of aliphatic hydroxyl groups is 1. The molecule has 10 nitrogen and oxygen atoms in total. The van der Waals surface area contributed by atoms with E-state index in [-0.39, 0.29) is 30.9 Å². The van der Waals surface area contributed by atoms with Crippen LogP contribution in [0.3, 0.4) is 0 Å². The Morgan fingerprint density at radius 1 is 1.41 bits per heavy atom. The summed E-state index contributed by atoms with van der Waals surface area (Å²) in [6.07, 6.45) is -1.03. The fourth-order valence-corrected chi connectivity index (χ4v) is 2.96. The number of nitro groups is 1. The van der Waals surface area contributed by atoms with Gasteiger partial charge in [-0.2, -0.15) is 4.79 Å². The fourth-order valence-electron chi connectivity index (χ4n) is 2.96. The number of ketones is 2. The van der Waals surface area contributed by atoms with Gasteiger partial charge in [-0.25, -0.2) is 4.79 Å². The summed E-state index contributed by atoms with van der Waals surface area (Å²) in [7, 11) is 0. The van der Waals surface area contributed by atoms with Gasteiger partial charge >= 0.3 is 11.7 Å². The van der Waals surface area contributed by atoms with Gasteiger partial charge in [-0.1, -0.05) is 0 Å². The van der Waals surface area contributed by atoms with Crippen LogP contribution in [0, 0.1) is 22.0 Å². The lowest BCUT2D eigenvalue weighted by molar-refractivity contribution is -0.384. The summed E-state index contributed by atoms with van der Waals surface area (Å²) in [6.45, 7) is 1.17. The van der Waals surface area contributed by atoms with Crippen LogP contribution in [0.4, 0.5) is 5.69 Å². The molecule has 1 aromatic carbocycles. The zero-order valence-electron chi connectivity index (χ0n) is 14.4. The topological polar surface area (TPSA) is 160 Å². The Labute approximate surface area is 153 Å². The van der Waals surface area contributed by atoms with Gasteiger partial charge in [-0.3, -0.25) is 19.7 Å². The Balaban J connectivity index is 1.93. The van der Waals surface area contributed by atoms with E-state index in [1.54, 1.807) is 0 Å². The first kappa shape index (κ1) is 20.1. The third kappa shape index (κ3) is 4.69. The van der Waals surface area contributed by atoms with Crippen molar-refractivity contribution >= 4 is 28.9 Å². The van der Waals surface area contributed by atoms with Crippen LogP contribution >= 0.6 is 0 Å². The van der Waals surface area contributed by atoms with E-state index in [1.165, 1.54) is 31.2 Å². The van der Waals surface area contributed by atoms with Crippen LogP contribution in [0.5, 0.6) is 0 Å². The molecule has 0 saturated heterocycles. The third-order valence-corrected chi connectivity index (χ3v) is 4.38. The van der Waals surface area contributed by atoms with Crippen molar-refractivity contribution in [2.24, 2.45) is 11.8 Å². The molecule has 1 fully saturated rings. The molecule has 3 atom stereocenters. The van der Waals surface area contributed by atoms with E-state index < -0.39 is 40.3 Å². The van der Waals surface area contributed by atoms with Crippen LogP contribution in [0.2, 0.25) is 0 Å². The average molecular weight is 375 g/mol. The van der Waals surface area contributed by atoms with E-state index in [9.17, 15) is 29.6 Å². The number of hydrogen-bond donors (Lipinski definition) is 1. The molecule has 0 amide bonds. The van der Waals surface area contributed by atoms with Crippen molar-refractivity contribution in [1.82, 2.24) is 0 Å².